The zero-order valence-corrected chi connectivity index (χ0v) is 11.1. The van der Waals surface area contributed by atoms with Crippen LogP contribution in [-0.2, 0) is 0 Å². The summed E-state index contributed by atoms with van der Waals surface area (Å²) in [7, 11) is 1.90. The van der Waals surface area contributed by atoms with Crippen LogP contribution in [0.5, 0.6) is 0 Å². The summed E-state index contributed by atoms with van der Waals surface area (Å²) in [6, 6.07) is 6.38. The molecule has 1 fully saturated rings. The monoisotopic (exact) mass is 315 g/mol. The number of hydrogen-bond donors (Lipinski definition) is 0. The van der Waals surface area contributed by atoms with Crippen LogP contribution in [0.4, 0.5) is 0 Å². The Hall–Kier alpha value is -0.580. The van der Waals surface area contributed by atoms with Crippen LogP contribution in [0.1, 0.15) is 28.8 Å². The first-order valence-corrected chi connectivity index (χ1v) is 6.21. The number of hydrogen-bond acceptors (Lipinski definition) is 1. The summed E-state index contributed by atoms with van der Waals surface area (Å²) in [5.74, 6) is 0.161. The molecule has 0 saturated heterocycles. The number of benzene rings is 1. The second-order valence-corrected chi connectivity index (χ2v) is 5.22. The maximum absolute atomic E-state index is 12.1. The van der Waals surface area contributed by atoms with Crippen LogP contribution in [0.3, 0.4) is 0 Å². The summed E-state index contributed by atoms with van der Waals surface area (Å²) >= 11 is 2.27. The molecular weight excluding hydrogens is 301 g/mol. The van der Waals surface area contributed by atoms with E-state index in [1.54, 1.807) is 0 Å². The van der Waals surface area contributed by atoms with Crippen molar-refractivity contribution < 1.29 is 4.79 Å². The van der Waals surface area contributed by atoms with Crippen molar-refractivity contribution in [3.8, 4) is 0 Å². The van der Waals surface area contributed by atoms with Gasteiger partial charge in [0.1, 0.15) is 0 Å². The number of nitrogens with zero attached hydrogens (tertiary/aromatic N) is 1. The van der Waals surface area contributed by atoms with E-state index < -0.39 is 0 Å². The summed E-state index contributed by atoms with van der Waals surface area (Å²) in [5, 5.41) is 0. The molecule has 15 heavy (non-hydrogen) atoms. The maximum Gasteiger partial charge on any atom is 0.254 e. The Morgan fingerprint density at radius 2 is 2.13 bits per heavy atom. The second kappa shape index (κ2) is 4.12. The second-order valence-electron chi connectivity index (χ2n) is 4.06. The molecule has 0 radical (unpaired) electrons. The largest absolute Gasteiger partial charge is 0.339 e. The predicted octanol–water partition coefficient (Wildman–Crippen LogP) is 2.83. The molecule has 0 N–H and O–H groups in total. The third-order valence-electron chi connectivity index (χ3n) is 2.91. The van der Waals surface area contributed by atoms with Gasteiger partial charge in [-0.1, -0.05) is 6.07 Å². The quantitative estimate of drug-likeness (QED) is 0.769. The van der Waals surface area contributed by atoms with Crippen LogP contribution in [0.25, 0.3) is 0 Å². The van der Waals surface area contributed by atoms with E-state index in [1.165, 1.54) is 0 Å². The molecule has 0 atom stereocenters. The van der Waals surface area contributed by atoms with Gasteiger partial charge in [0.2, 0.25) is 0 Å². The fourth-order valence-electron chi connectivity index (χ4n) is 1.66. The summed E-state index contributed by atoms with van der Waals surface area (Å²) < 4.78 is 1.16. The third kappa shape index (κ3) is 2.17. The molecule has 0 aromatic heterocycles. The minimum absolute atomic E-state index is 0.161. The van der Waals surface area contributed by atoms with Crippen molar-refractivity contribution in [3.05, 3.63) is 32.9 Å². The van der Waals surface area contributed by atoms with Crippen molar-refractivity contribution in [2.45, 2.75) is 25.8 Å². The van der Waals surface area contributed by atoms with Crippen molar-refractivity contribution in [3.63, 3.8) is 0 Å². The first kappa shape index (κ1) is 10.9. The minimum Gasteiger partial charge on any atom is -0.339 e. The standard InChI is InChI=1S/C12H14INO/c1-8-10(4-3-5-11(8)13)12(15)14(2)9-6-7-9/h3-5,9H,6-7H2,1-2H3. The van der Waals surface area contributed by atoms with Crippen molar-refractivity contribution in [1.82, 2.24) is 4.90 Å². The van der Waals surface area contributed by atoms with Gasteiger partial charge in [-0.2, -0.15) is 0 Å². The lowest BCUT2D eigenvalue weighted by Crippen LogP contribution is -2.29. The molecule has 2 nitrogen and oxygen atoms in total. The molecule has 1 aromatic carbocycles. The van der Waals surface area contributed by atoms with Crippen LogP contribution in [0, 0.1) is 10.5 Å². The van der Waals surface area contributed by atoms with Gasteiger partial charge >= 0.3 is 0 Å². The Labute approximate surface area is 104 Å². The normalized spacial score (nSPS) is 15.1. The number of carbonyl (C=O) groups excluding carboxylic acids is 1. The molecule has 1 amide bonds. The SMILES string of the molecule is Cc1c(I)cccc1C(=O)N(C)C1CC1. The van der Waals surface area contributed by atoms with Crippen LogP contribution in [0.15, 0.2) is 18.2 Å². The minimum atomic E-state index is 0.161. The Balaban J connectivity index is 2.28. The first-order chi connectivity index (χ1) is 7.11. The lowest BCUT2D eigenvalue weighted by molar-refractivity contribution is 0.0784. The lowest BCUT2D eigenvalue weighted by atomic mass is 10.1. The number of amides is 1. The molecule has 2 rings (SSSR count). The van der Waals surface area contributed by atoms with E-state index >= 15 is 0 Å². The summed E-state index contributed by atoms with van der Waals surface area (Å²) in [6.07, 6.45) is 2.32. The van der Waals surface area contributed by atoms with Crippen molar-refractivity contribution in [2.24, 2.45) is 0 Å². The molecule has 0 heterocycles. The van der Waals surface area contributed by atoms with Gasteiger partial charge in [-0.15, -0.1) is 0 Å². The smallest absolute Gasteiger partial charge is 0.254 e. The van der Waals surface area contributed by atoms with Gasteiger partial charge in [0.25, 0.3) is 5.91 Å². The molecule has 0 bridgehead atoms. The van der Waals surface area contributed by atoms with Crippen LogP contribution >= 0.6 is 22.6 Å². The fourth-order valence-corrected chi connectivity index (χ4v) is 2.15. The molecule has 0 unspecified atom stereocenters. The Kier molecular flexibility index (Phi) is 3.00. The van der Waals surface area contributed by atoms with Crippen molar-refractivity contribution >= 4 is 28.5 Å². The molecule has 0 spiro atoms. The number of rotatable bonds is 2. The molecule has 1 aliphatic rings. The Morgan fingerprint density at radius 1 is 1.47 bits per heavy atom. The van der Waals surface area contributed by atoms with Gasteiger partial charge in [-0.3, -0.25) is 4.79 Å². The highest BCUT2D eigenvalue weighted by Crippen LogP contribution is 2.27. The number of halogens is 1. The van der Waals surface area contributed by atoms with Gasteiger partial charge in [-0.05, 0) is 60.1 Å². The van der Waals surface area contributed by atoms with E-state index in [9.17, 15) is 4.79 Å². The average molecular weight is 315 g/mol. The predicted molar refractivity (Wildman–Crippen MR) is 69.0 cm³/mol. The van der Waals surface area contributed by atoms with Gasteiger partial charge in [-0.25, -0.2) is 0 Å². The van der Waals surface area contributed by atoms with Crippen molar-refractivity contribution in [1.29, 1.82) is 0 Å². The first-order valence-electron chi connectivity index (χ1n) is 5.13. The number of carbonyl (C=O) groups is 1. The maximum atomic E-state index is 12.1. The molecule has 1 aromatic rings. The molecular formula is C12H14INO. The van der Waals surface area contributed by atoms with Crippen LogP contribution < -0.4 is 0 Å². The van der Waals surface area contributed by atoms with E-state index in [-0.39, 0.29) is 5.91 Å². The Morgan fingerprint density at radius 3 is 2.73 bits per heavy atom. The molecule has 80 valence electrons. The molecule has 0 aliphatic heterocycles. The fraction of sp³-hybridized carbons (Fsp3) is 0.417. The zero-order chi connectivity index (χ0) is 11.0. The molecule has 1 saturated carbocycles. The van der Waals surface area contributed by atoms with Crippen LogP contribution in [0.2, 0.25) is 0 Å². The average Bonchev–Trinajstić information content (AvgIpc) is 3.03. The van der Waals surface area contributed by atoms with Gasteiger partial charge in [0.05, 0.1) is 0 Å². The van der Waals surface area contributed by atoms with E-state index in [4.69, 9.17) is 0 Å². The summed E-state index contributed by atoms with van der Waals surface area (Å²) in [6.45, 7) is 2.01. The molecule has 3 heteroatoms. The zero-order valence-electron chi connectivity index (χ0n) is 8.96. The summed E-state index contributed by atoms with van der Waals surface area (Å²) in [4.78, 5) is 14.0. The van der Waals surface area contributed by atoms with E-state index in [1.807, 2.05) is 37.1 Å². The van der Waals surface area contributed by atoms with Crippen molar-refractivity contribution in [2.75, 3.05) is 7.05 Å². The van der Waals surface area contributed by atoms with Gasteiger partial charge < -0.3 is 4.90 Å². The van der Waals surface area contributed by atoms with Crippen LogP contribution in [-0.4, -0.2) is 23.9 Å². The highest BCUT2D eigenvalue weighted by Gasteiger charge is 2.30. The highest BCUT2D eigenvalue weighted by molar-refractivity contribution is 14.1. The van der Waals surface area contributed by atoms with Gasteiger partial charge in [0, 0.05) is 22.2 Å². The summed E-state index contributed by atoms with van der Waals surface area (Å²) in [5.41, 5.74) is 1.94. The highest BCUT2D eigenvalue weighted by atomic mass is 127. The van der Waals surface area contributed by atoms with Gasteiger partial charge in [0.15, 0.2) is 0 Å². The topological polar surface area (TPSA) is 20.3 Å². The van der Waals surface area contributed by atoms with E-state index in [0.29, 0.717) is 6.04 Å². The Bertz CT molecular complexity index is 399. The third-order valence-corrected chi connectivity index (χ3v) is 4.08. The van der Waals surface area contributed by atoms with E-state index in [0.717, 1.165) is 27.5 Å². The lowest BCUT2D eigenvalue weighted by Gasteiger charge is -2.17. The molecule has 1 aliphatic carbocycles. The van der Waals surface area contributed by atoms with E-state index in [2.05, 4.69) is 22.6 Å².